The van der Waals surface area contributed by atoms with E-state index in [4.69, 9.17) is 0 Å². The summed E-state index contributed by atoms with van der Waals surface area (Å²) in [6, 6.07) is 6.75. The highest BCUT2D eigenvalue weighted by Gasteiger charge is 2.17. The molecule has 17 heavy (non-hydrogen) atoms. The maximum absolute atomic E-state index is 2.38. The Morgan fingerprint density at radius 1 is 1.00 bits per heavy atom. The van der Waals surface area contributed by atoms with Crippen LogP contribution in [0.1, 0.15) is 43.4 Å². The van der Waals surface area contributed by atoms with E-state index in [1.165, 1.54) is 22.3 Å². The van der Waals surface area contributed by atoms with E-state index in [2.05, 4.69) is 64.1 Å². The van der Waals surface area contributed by atoms with Crippen molar-refractivity contribution in [2.24, 2.45) is 5.41 Å². The highest BCUT2D eigenvalue weighted by Crippen LogP contribution is 2.32. The lowest BCUT2D eigenvalue weighted by atomic mass is 9.86. The molecule has 0 heteroatoms. The third-order valence-electron chi connectivity index (χ3n) is 3.68. The molecular weight excluding hydrogens is 204 g/mol. The second kappa shape index (κ2) is 4.52. The summed E-state index contributed by atoms with van der Waals surface area (Å²) in [6.07, 6.45) is 9.29. The first-order chi connectivity index (χ1) is 7.98. The molecule has 1 aliphatic carbocycles. The van der Waals surface area contributed by atoms with Crippen LogP contribution in [0.4, 0.5) is 0 Å². The van der Waals surface area contributed by atoms with Gasteiger partial charge in [0, 0.05) is 0 Å². The molecular formula is C17H22. The molecule has 0 aromatic heterocycles. The summed E-state index contributed by atoms with van der Waals surface area (Å²) in [7, 11) is 0. The molecule has 0 amide bonds. The number of benzene rings is 1. The smallest absolute Gasteiger partial charge is 0.0185 e. The standard InChI is InChI=1S/C17H22/c1-13-7-8-16(12-14(13)2)15-6-5-10-17(3,4)11-9-15/h5-9,12H,10-11H2,1-4H3. The Labute approximate surface area is 105 Å². The van der Waals surface area contributed by atoms with Crippen LogP contribution in [0.5, 0.6) is 0 Å². The first-order valence-electron chi connectivity index (χ1n) is 6.42. The third kappa shape index (κ3) is 2.88. The number of allylic oxidation sites excluding steroid dienone is 4. The molecule has 0 atom stereocenters. The van der Waals surface area contributed by atoms with Gasteiger partial charge < -0.3 is 0 Å². The summed E-state index contributed by atoms with van der Waals surface area (Å²) < 4.78 is 0. The molecule has 90 valence electrons. The predicted octanol–water partition coefficient (Wildman–Crippen LogP) is 5.06. The van der Waals surface area contributed by atoms with Crippen molar-refractivity contribution in [3.63, 3.8) is 0 Å². The van der Waals surface area contributed by atoms with Crippen molar-refractivity contribution in [3.05, 3.63) is 53.1 Å². The van der Waals surface area contributed by atoms with Crippen LogP contribution >= 0.6 is 0 Å². The molecule has 1 aromatic carbocycles. The molecule has 0 saturated heterocycles. The van der Waals surface area contributed by atoms with Crippen LogP contribution in [-0.4, -0.2) is 0 Å². The van der Waals surface area contributed by atoms with Gasteiger partial charge in [0.25, 0.3) is 0 Å². The lowest BCUT2D eigenvalue weighted by Gasteiger charge is -2.19. The molecule has 1 aromatic rings. The van der Waals surface area contributed by atoms with Crippen LogP contribution < -0.4 is 0 Å². The van der Waals surface area contributed by atoms with Crippen LogP contribution in [0.15, 0.2) is 36.4 Å². The minimum atomic E-state index is 0.401. The summed E-state index contributed by atoms with van der Waals surface area (Å²) in [6.45, 7) is 9.01. The normalized spacial score (nSPS) is 18.7. The van der Waals surface area contributed by atoms with Crippen molar-refractivity contribution >= 4 is 5.57 Å². The van der Waals surface area contributed by atoms with Gasteiger partial charge in [-0.05, 0) is 54.4 Å². The van der Waals surface area contributed by atoms with Gasteiger partial charge in [0.15, 0.2) is 0 Å². The molecule has 0 saturated carbocycles. The highest BCUT2D eigenvalue weighted by atomic mass is 14.2. The van der Waals surface area contributed by atoms with E-state index in [9.17, 15) is 0 Å². The van der Waals surface area contributed by atoms with E-state index >= 15 is 0 Å². The zero-order valence-electron chi connectivity index (χ0n) is 11.4. The fourth-order valence-electron chi connectivity index (χ4n) is 2.18. The Morgan fingerprint density at radius 3 is 2.47 bits per heavy atom. The molecule has 0 unspecified atom stereocenters. The number of aryl methyl sites for hydroxylation is 2. The molecule has 0 nitrogen and oxygen atoms in total. The Kier molecular flexibility index (Phi) is 3.24. The van der Waals surface area contributed by atoms with Crippen molar-refractivity contribution in [3.8, 4) is 0 Å². The van der Waals surface area contributed by atoms with Crippen molar-refractivity contribution in [1.82, 2.24) is 0 Å². The maximum Gasteiger partial charge on any atom is -0.0185 e. The van der Waals surface area contributed by atoms with Gasteiger partial charge in [0.05, 0.1) is 0 Å². The maximum atomic E-state index is 2.38. The van der Waals surface area contributed by atoms with Gasteiger partial charge in [-0.3, -0.25) is 0 Å². The van der Waals surface area contributed by atoms with Crippen LogP contribution in [-0.2, 0) is 0 Å². The molecule has 0 bridgehead atoms. The number of hydrogen-bond acceptors (Lipinski definition) is 0. The van der Waals surface area contributed by atoms with Gasteiger partial charge in [-0.2, -0.15) is 0 Å². The molecule has 0 fully saturated rings. The molecule has 0 spiro atoms. The second-order valence-corrected chi connectivity index (χ2v) is 5.93. The largest absolute Gasteiger partial charge is 0.0834 e. The topological polar surface area (TPSA) is 0 Å². The van der Waals surface area contributed by atoms with E-state index < -0.39 is 0 Å². The minimum Gasteiger partial charge on any atom is -0.0834 e. The second-order valence-electron chi connectivity index (χ2n) is 5.93. The first kappa shape index (κ1) is 12.2. The van der Waals surface area contributed by atoms with Crippen molar-refractivity contribution in [2.75, 3.05) is 0 Å². The van der Waals surface area contributed by atoms with E-state index in [0.29, 0.717) is 5.41 Å². The molecule has 0 N–H and O–H groups in total. The minimum absolute atomic E-state index is 0.401. The van der Waals surface area contributed by atoms with E-state index in [-0.39, 0.29) is 0 Å². The first-order valence-corrected chi connectivity index (χ1v) is 6.42. The van der Waals surface area contributed by atoms with Crippen molar-refractivity contribution in [2.45, 2.75) is 40.5 Å². The fourth-order valence-corrected chi connectivity index (χ4v) is 2.18. The predicted molar refractivity (Wildman–Crippen MR) is 76.0 cm³/mol. The quantitative estimate of drug-likeness (QED) is 0.627. The summed E-state index contributed by atoms with van der Waals surface area (Å²) in [5.41, 5.74) is 5.87. The lowest BCUT2D eigenvalue weighted by molar-refractivity contribution is 0.379. The summed E-state index contributed by atoms with van der Waals surface area (Å²) in [4.78, 5) is 0. The van der Waals surface area contributed by atoms with Crippen molar-refractivity contribution in [1.29, 1.82) is 0 Å². The Morgan fingerprint density at radius 2 is 1.76 bits per heavy atom. The van der Waals surface area contributed by atoms with Gasteiger partial charge in [0.1, 0.15) is 0 Å². The SMILES string of the molecule is Cc1ccc(C2=CCC(C)(C)CC=C2)cc1C. The van der Waals surface area contributed by atoms with E-state index in [0.717, 1.165) is 12.8 Å². The monoisotopic (exact) mass is 226 g/mol. The van der Waals surface area contributed by atoms with Crippen LogP contribution in [0.2, 0.25) is 0 Å². The van der Waals surface area contributed by atoms with Crippen LogP contribution in [0.3, 0.4) is 0 Å². The zero-order chi connectivity index (χ0) is 12.5. The highest BCUT2D eigenvalue weighted by molar-refractivity contribution is 5.74. The Balaban J connectivity index is 2.34. The van der Waals surface area contributed by atoms with Gasteiger partial charge >= 0.3 is 0 Å². The fraction of sp³-hybridized carbons (Fsp3) is 0.412. The summed E-state index contributed by atoms with van der Waals surface area (Å²) in [5.74, 6) is 0. The summed E-state index contributed by atoms with van der Waals surface area (Å²) >= 11 is 0. The van der Waals surface area contributed by atoms with Gasteiger partial charge in [0.2, 0.25) is 0 Å². The van der Waals surface area contributed by atoms with Gasteiger partial charge in [-0.25, -0.2) is 0 Å². The van der Waals surface area contributed by atoms with Crippen LogP contribution in [0.25, 0.3) is 5.57 Å². The Bertz CT molecular complexity index is 473. The van der Waals surface area contributed by atoms with E-state index in [1.54, 1.807) is 0 Å². The molecule has 0 aliphatic heterocycles. The lowest BCUT2D eigenvalue weighted by Crippen LogP contribution is -2.07. The Hall–Kier alpha value is -1.30. The van der Waals surface area contributed by atoms with Gasteiger partial charge in [-0.15, -0.1) is 0 Å². The third-order valence-corrected chi connectivity index (χ3v) is 3.68. The van der Waals surface area contributed by atoms with Crippen LogP contribution in [0, 0.1) is 19.3 Å². The molecule has 2 rings (SSSR count). The molecule has 0 radical (unpaired) electrons. The number of hydrogen-bond donors (Lipinski definition) is 0. The average molecular weight is 226 g/mol. The van der Waals surface area contributed by atoms with E-state index in [1.807, 2.05) is 0 Å². The molecule has 0 heterocycles. The summed E-state index contributed by atoms with van der Waals surface area (Å²) in [5, 5.41) is 0. The average Bonchev–Trinajstić information content (AvgIpc) is 2.44. The van der Waals surface area contributed by atoms with Gasteiger partial charge in [-0.1, -0.05) is 50.3 Å². The van der Waals surface area contributed by atoms with Crippen molar-refractivity contribution < 1.29 is 0 Å². The zero-order valence-corrected chi connectivity index (χ0v) is 11.4. The molecule has 1 aliphatic rings. The number of rotatable bonds is 1.